The van der Waals surface area contributed by atoms with Gasteiger partial charge in [-0.3, -0.25) is 4.79 Å². The molecule has 0 amide bonds. The quantitative estimate of drug-likeness (QED) is 0.759. The third-order valence-electron chi connectivity index (χ3n) is 2.64. The molecule has 2 rings (SSSR count). The molecule has 1 aliphatic carbocycles. The summed E-state index contributed by atoms with van der Waals surface area (Å²) in [6.45, 7) is 1.86. The monoisotopic (exact) mass is 241 g/mol. The normalized spacial score (nSPS) is 16.5. The van der Waals surface area contributed by atoms with Crippen LogP contribution in [0.3, 0.4) is 0 Å². The zero-order chi connectivity index (χ0) is 12.8. The Morgan fingerprint density at radius 3 is 2.67 bits per heavy atom. The van der Waals surface area contributed by atoms with Crippen LogP contribution in [0.25, 0.3) is 0 Å². The summed E-state index contributed by atoms with van der Waals surface area (Å²) in [7, 11) is 0. The third-order valence-corrected chi connectivity index (χ3v) is 2.64. The molecule has 0 N–H and O–H groups in total. The van der Waals surface area contributed by atoms with E-state index in [4.69, 9.17) is 4.84 Å². The Balaban J connectivity index is 1.96. The molecular weight excluding hydrogens is 226 g/mol. The van der Waals surface area contributed by atoms with Gasteiger partial charge in [-0.05, 0) is 24.3 Å². The molecule has 3 heteroatoms. The second kappa shape index (κ2) is 5.96. The lowest BCUT2D eigenvalue weighted by Crippen LogP contribution is -2.06. The Kier molecular flexibility index (Phi) is 4.07. The van der Waals surface area contributed by atoms with E-state index in [9.17, 15) is 4.79 Å². The van der Waals surface area contributed by atoms with Gasteiger partial charge in [0.25, 0.3) is 0 Å². The van der Waals surface area contributed by atoms with Gasteiger partial charge in [0.05, 0.1) is 5.71 Å². The van der Waals surface area contributed by atoms with E-state index in [1.165, 1.54) is 0 Å². The summed E-state index contributed by atoms with van der Waals surface area (Å²) >= 11 is 0. The van der Waals surface area contributed by atoms with Crippen LogP contribution >= 0.6 is 0 Å². The summed E-state index contributed by atoms with van der Waals surface area (Å²) in [5.74, 6) is 0.868. The molecule has 0 aliphatic heterocycles. The number of Topliss-reactive ketones (excluding diaryl/α,β-unsaturated/α-hetero) is 1. The molecule has 92 valence electrons. The average molecular weight is 241 g/mol. The molecule has 0 radical (unpaired) electrons. The molecule has 0 heterocycles. The Bertz CT molecular complexity index is 513. The summed E-state index contributed by atoms with van der Waals surface area (Å²) in [5.41, 5.74) is 1.57. The van der Waals surface area contributed by atoms with Gasteiger partial charge in [0, 0.05) is 18.4 Å². The van der Waals surface area contributed by atoms with Gasteiger partial charge in [-0.1, -0.05) is 36.4 Å². The minimum absolute atomic E-state index is 0.161. The van der Waals surface area contributed by atoms with Crippen molar-refractivity contribution >= 4 is 11.5 Å². The Morgan fingerprint density at radius 2 is 2.06 bits per heavy atom. The number of benzene rings is 1. The van der Waals surface area contributed by atoms with Crippen molar-refractivity contribution in [3.63, 3.8) is 0 Å². The standard InChI is InChI=1S/C15H15NO2/c1-2-15(17)12-8-10-13(11-9-12)16-18-14-6-4-3-5-7-14/h3-10H,2,11H2,1H3. The van der Waals surface area contributed by atoms with Crippen LogP contribution < -0.4 is 4.84 Å². The van der Waals surface area contributed by atoms with Gasteiger partial charge < -0.3 is 4.84 Å². The van der Waals surface area contributed by atoms with Crippen molar-refractivity contribution in [2.75, 3.05) is 0 Å². The van der Waals surface area contributed by atoms with Crippen LogP contribution in [0.2, 0.25) is 0 Å². The zero-order valence-electron chi connectivity index (χ0n) is 10.3. The molecule has 3 nitrogen and oxygen atoms in total. The zero-order valence-corrected chi connectivity index (χ0v) is 10.3. The van der Waals surface area contributed by atoms with E-state index in [0.717, 1.165) is 11.3 Å². The predicted octanol–water partition coefficient (Wildman–Crippen LogP) is 3.29. The number of carbonyl (C=O) groups is 1. The number of nitrogens with zero attached hydrogens (tertiary/aromatic N) is 1. The fourth-order valence-electron chi connectivity index (χ4n) is 1.61. The van der Waals surface area contributed by atoms with Crippen LogP contribution in [0.1, 0.15) is 19.8 Å². The topological polar surface area (TPSA) is 38.7 Å². The second-order valence-corrected chi connectivity index (χ2v) is 3.96. The van der Waals surface area contributed by atoms with Crippen molar-refractivity contribution in [3.05, 3.63) is 54.1 Å². The van der Waals surface area contributed by atoms with E-state index in [1.807, 2.05) is 49.4 Å². The van der Waals surface area contributed by atoms with E-state index in [2.05, 4.69) is 5.16 Å². The SMILES string of the molecule is CCC(=O)C1=CCC(=NOc2ccccc2)C=C1. The highest BCUT2D eigenvalue weighted by Gasteiger charge is 2.08. The number of carbonyl (C=O) groups excluding carboxylic acids is 1. The van der Waals surface area contributed by atoms with Crippen LogP contribution in [0.15, 0.2) is 59.3 Å². The van der Waals surface area contributed by atoms with Gasteiger partial charge >= 0.3 is 0 Å². The van der Waals surface area contributed by atoms with Gasteiger partial charge in [-0.15, -0.1) is 0 Å². The first kappa shape index (κ1) is 12.3. The van der Waals surface area contributed by atoms with Crippen molar-refractivity contribution in [2.45, 2.75) is 19.8 Å². The highest BCUT2D eigenvalue weighted by atomic mass is 16.6. The minimum Gasteiger partial charge on any atom is -0.357 e. The lowest BCUT2D eigenvalue weighted by atomic mass is 10.0. The number of para-hydroxylation sites is 1. The summed E-state index contributed by atoms with van der Waals surface area (Å²) < 4.78 is 0. The number of oxime groups is 1. The van der Waals surface area contributed by atoms with E-state index in [0.29, 0.717) is 18.6 Å². The Hall–Kier alpha value is -2.16. The number of hydrogen-bond acceptors (Lipinski definition) is 3. The van der Waals surface area contributed by atoms with Gasteiger partial charge in [-0.25, -0.2) is 0 Å². The van der Waals surface area contributed by atoms with Crippen LogP contribution in [0, 0.1) is 0 Å². The molecule has 0 aromatic heterocycles. The van der Waals surface area contributed by atoms with Crippen LogP contribution in [0.4, 0.5) is 0 Å². The summed E-state index contributed by atoms with van der Waals surface area (Å²) in [4.78, 5) is 16.8. The van der Waals surface area contributed by atoms with E-state index < -0.39 is 0 Å². The Morgan fingerprint density at radius 1 is 1.28 bits per heavy atom. The first-order valence-corrected chi connectivity index (χ1v) is 6.00. The van der Waals surface area contributed by atoms with E-state index in [-0.39, 0.29) is 5.78 Å². The molecule has 0 fully saturated rings. The fraction of sp³-hybridized carbons (Fsp3) is 0.200. The highest BCUT2D eigenvalue weighted by molar-refractivity contribution is 6.05. The van der Waals surface area contributed by atoms with Gasteiger partial charge in [-0.2, -0.15) is 0 Å². The Labute approximate surface area is 106 Å². The van der Waals surface area contributed by atoms with Crippen LogP contribution in [0.5, 0.6) is 5.75 Å². The number of ketones is 1. The molecule has 18 heavy (non-hydrogen) atoms. The van der Waals surface area contributed by atoms with E-state index >= 15 is 0 Å². The van der Waals surface area contributed by atoms with Gasteiger partial charge in [0.1, 0.15) is 0 Å². The third kappa shape index (κ3) is 3.17. The maximum absolute atomic E-state index is 11.5. The molecule has 0 unspecified atom stereocenters. The van der Waals surface area contributed by atoms with Crippen LogP contribution in [-0.2, 0) is 4.79 Å². The molecular formula is C15H15NO2. The van der Waals surface area contributed by atoms with Gasteiger partial charge in [0.2, 0.25) is 0 Å². The van der Waals surface area contributed by atoms with E-state index in [1.54, 1.807) is 6.08 Å². The highest BCUT2D eigenvalue weighted by Crippen LogP contribution is 2.13. The minimum atomic E-state index is 0.161. The second-order valence-electron chi connectivity index (χ2n) is 3.96. The lowest BCUT2D eigenvalue weighted by molar-refractivity contribution is -0.115. The first-order valence-electron chi connectivity index (χ1n) is 6.00. The molecule has 0 atom stereocenters. The summed E-state index contributed by atoms with van der Waals surface area (Å²) in [5, 5.41) is 4.05. The molecule has 0 saturated carbocycles. The lowest BCUT2D eigenvalue weighted by Gasteiger charge is -2.06. The summed E-state index contributed by atoms with van der Waals surface area (Å²) in [6, 6.07) is 9.40. The molecule has 0 bridgehead atoms. The molecule has 1 aromatic rings. The maximum atomic E-state index is 11.5. The average Bonchev–Trinajstić information content (AvgIpc) is 2.46. The van der Waals surface area contributed by atoms with Crippen molar-refractivity contribution in [1.29, 1.82) is 0 Å². The maximum Gasteiger partial charge on any atom is 0.162 e. The number of rotatable bonds is 4. The van der Waals surface area contributed by atoms with Gasteiger partial charge in [0.15, 0.2) is 11.5 Å². The van der Waals surface area contributed by atoms with Crippen LogP contribution in [-0.4, -0.2) is 11.5 Å². The number of allylic oxidation sites excluding steroid dienone is 4. The molecule has 1 aliphatic rings. The molecule has 0 saturated heterocycles. The van der Waals surface area contributed by atoms with Crippen molar-refractivity contribution in [2.24, 2.45) is 5.16 Å². The largest absolute Gasteiger partial charge is 0.357 e. The van der Waals surface area contributed by atoms with Crippen molar-refractivity contribution in [1.82, 2.24) is 0 Å². The molecule has 1 aromatic carbocycles. The van der Waals surface area contributed by atoms with Crippen molar-refractivity contribution < 1.29 is 9.63 Å². The first-order chi connectivity index (χ1) is 8.79. The fourth-order valence-corrected chi connectivity index (χ4v) is 1.61. The van der Waals surface area contributed by atoms with Crippen molar-refractivity contribution in [3.8, 4) is 5.75 Å². The summed E-state index contributed by atoms with van der Waals surface area (Å²) in [6.07, 6.45) is 6.67. The number of hydrogen-bond donors (Lipinski definition) is 0. The molecule has 0 spiro atoms. The smallest absolute Gasteiger partial charge is 0.162 e. The predicted molar refractivity (Wildman–Crippen MR) is 71.6 cm³/mol.